The Morgan fingerprint density at radius 1 is 1.30 bits per heavy atom. The lowest BCUT2D eigenvalue weighted by Crippen LogP contribution is -2.43. The Hall–Kier alpha value is -1.82. The summed E-state index contributed by atoms with van der Waals surface area (Å²) in [7, 11) is 0.302. The molecule has 1 aromatic carbocycles. The highest BCUT2D eigenvalue weighted by Crippen LogP contribution is 2.30. The Morgan fingerprint density at radius 3 is 2.83 bits per heavy atom. The Morgan fingerprint density at radius 2 is 2.10 bits per heavy atom. The second kappa shape index (κ2) is 9.54. The van der Waals surface area contributed by atoms with Gasteiger partial charge in [0.15, 0.2) is 5.96 Å². The number of fused-ring (bicyclic) bond motifs is 1. The number of benzene rings is 1. The number of nitrogens with zero attached hydrogens (tertiary/aromatic N) is 5. The minimum absolute atomic E-state index is 0. The van der Waals surface area contributed by atoms with E-state index in [-0.39, 0.29) is 29.7 Å². The first kappa shape index (κ1) is 22.9. The number of aliphatic imine (C=N–C) groups is 1. The van der Waals surface area contributed by atoms with Gasteiger partial charge in [0.1, 0.15) is 0 Å². The van der Waals surface area contributed by atoms with E-state index in [0.717, 1.165) is 43.1 Å². The molecule has 2 aromatic rings. The molecule has 164 valence electrons. The van der Waals surface area contributed by atoms with Gasteiger partial charge in [-0.2, -0.15) is 5.10 Å². The Bertz CT molecular complexity index is 1010. The molecule has 1 aromatic heterocycles. The summed E-state index contributed by atoms with van der Waals surface area (Å²) in [6.07, 6.45) is 5.79. The number of aryl methyl sites for hydroxylation is 1. The fourth-order valence-electron chi connectivity index (χ4n) is 4.21. The molecular formula is C20H29IN6O2S. The molecule has 2 aliphatic heterocycles. The number of hydrogen-bond acceptors (Lipinski definition) is 4. The summed E-state index contributed by atoms with van der Waals surface area (Å²) < 4.78 is 29.1. The highest BCUT2D eigenvalue weighted by atomic mass is 127. The van der Waals surface area contributed by atoms with E-state index >= 15 is 0 Å². The third-order valence-corrected chi connectivity index (χ3v) is 7.49. The Labute approximate surface area is 195 Å². The minimum atomic E-state index is -3.37. The van der Waals surface area contributed by atoms with Gasteiger partial charge in [-0.15, -0.1) is 24.0 Å². The van der Waals surface area contributed by atoms with Gasteiger partial charge < -0.3 is 10.2 Å². The number of nitrogens with one attached hydrogen (secondary N) is 1. The number of para-hydroxylation sites is 1. The lowest BCUT2D eigenvalue weighted by Gasteiger charge is -2.23. The van der Waals surface area contributed by atoms with Crippen LogP contribution in [0.3, 0.4) is 0 Å². The van der Waals surface area contributed by atoms with E-state index < -0.39 is 10.0 Å². The molecule has 1 saturated heterocycles. The molecule has 30 heavy (non-hydrogen) atoms. The highest BCUT2D eigenvalue weighted by Gasteiger charge is 2.30. The van der Waals surface area contributed by atoms with E-state index in [1.54, 1.807) is 11.4 Å². The highest BCUT2D eigenvalue weighted by molar-refractivity contribution is 14.0. The summed E-state index contributed by atoms with van der Waals surface area (Å²) in [5, 5.41) is 7.50. The zero-order chi connectivity index (χ0) is 20.4. The zero-order valence-electron chi connectivity index (χ0n) is 17.4. The van der Waals surface area contributed by atoms with E-state index in [1.807, 2.05) is 42.2 Å². The first-order chi connectivity index (χ1) is 14.0. The van der Waals surface area contributed by atoms with Crippen molar-refractivity contribution in [2.75, 3.05) is 43.3 Å². The fourth-order valence-corrected chi connectivity index (χ4v) is 5.63. The van der Waals surface area contributed by atoms with Gasteiger partial charge >= 0.3 is 0 Å². The normalized spacial score (nSPS) is 19.0. The van der Waals surface area contributed by atoms with Crippen molar-refractivity contribution in [3.63, 3.8) is 0 Å². The molecule has 8 nitrogen and oxygen atoms in total. The molecule has 2 aliphatic rings. The molecule has 3 heterocycles. The molecule has 0 bridgehead atoms. The first-order valence-corrected chi connectivity index (χ1v) is 11.6. The van der Waals surface area contributed by atoms with Gasteiger partial charge in [0.2, 0.25) is 10.0 Å². The van der Waals surface area contributed by atoms with Crippen LogP contribution in [0.15, 0.2) is 41.7 Å². The molecule has 0 amide bonds. The van der Waals surface area contributed by atoms with Crippen molar-refractivity contribution in [2.24, 2.45) is 12.0 Å². The molecule has 1 fully saturated rings. The van der Waals surface area contributed by atoms with Crippen LogP contribution >= 0.6 is 24.0 Å². The number of aromatic nitrogens is 2. The van der Waals surface area contributed by atoms with E-state index in [0.29, 0.717) is 19.0 Å². The molecule has 1 atom stereocenters. The van der Waals surface area contributed by atoms with Gasteiger partial charge in [-0.3, -0.25) is 14.0 Å². The summed E-state index contributed by atoms with van der Waals surface area (Å²) in [5.41, 5.74) is 3.15. The summed E-state index contributed by atoms with van der Waals surface area (Å²) in [5.74, 6) is 1.22. The average molecular weight is 544 g/mol. The van der Waals surface area contributed by atoms with Crippen molar-refractivity contribution in [3.8, 4) is 0 Å². The maximum Gasteiger partial charge on any atom is 0.236 e. The number of hydrogen-bond donors (Lipinski definition) is 1. The van der Waals surface area contributed by atoms with Gasteiger partial charge in [-0.05, 0) is 30.0 Å². The van der Waals surface area contributed by atoms with Crippen LogP contribution in [0.2, 0.25) is 0 Å². The predicted octanol–water partition coefficient (Wildman–Crippen LogP) is 1.80. The van der Waals surface area contributed by atoms with Crippen LogP contribution in [-0.4, -0.2) is 68.0 Å². The van der Waals surface area contributed by atoms with Crippen LogP contribution < -0.4 is 9.62 Å². The largest absolute Gasteiger partial charge is 0.355 e. The molecule has 0 aliphatic carbocycles. The van der Waals surface area contributed by atoms with Crippen LogP contribution in [-0.2, 0) is 23.5 Å². The van der Waals surface area contributed by atoms with E-state index in [1.165, 1.54) is 5.56 Å². The number of halogens is 1. The van der Waals surface area contributed by atoms with Gasteiger partial charge in [0, 0.05) is 52.4 Å². The van der Waals surface area contributed by atoms with E-state index in [4.69, 9.17) is 0 Å². The molecule has 0 radical (unpaired) electrons. The standard InChI is InChI=1S/C20H28N6O2S.HI/c1-21-20(25-10-7-17(15-25)18-13-23-24(2)14-18)22-9-12-29(27,28)26-11-8-16-5-3-4-6-19(16)26;/h3-6,13-14,17H,7-12,15H2,1-2H3,(H,21,22);1H. The second-order valence-corrected chi connectivity index (χ2v) is 9.63. The summed E-state index contributed by atoms with van der Waals surface area (Å²) in [4.78, 5) is 6.55. The Balaban J connectivity index is 0.00000256. The molecule has 1 N–H and O–H groups in total. The minimum Gasteiger partial charge on any atom is -0.355 e. The maximum atomic E-state index is 12.8. The fraction of sp³-hybridized carbons (Fsp3) is 0.500. The molecular weight excluding hydrogens is 515 g/mol. The van der Waals surface area contributed by atoms with Gasteiger partial charge in [-0.25, -0.2) is 8.42 Å². The molecule has 4 rings (SSSR count). The summed E-state index contributed by atoms with van der Waals surface area (Å²) in [6.45, 7) is 2.61. The zero-order valence-corrected chi connectivity index (χ0v) is 20.5. The van der Waals surface area contributed by atoms with Crippen molar-refractivity contribution in [2.45, 2.75) is 18.8 Å². The van der Waals surface area contributed by atoms with Crippen LogP contribution in [0.1, 0.15) is 23.5 Å². The lowest BCUT2D eigenvalue weighted by molar-refractivity contribution is 0.488. The maximum absolute atomic E-state index is 12.8. The van der Waals surface area contributed by atoms with Crippen molar-refractivity contribution < 1.29 is 8.42 Å². The average Bonchev–Trinajstić information content (AvgIpc) is 3.44. The van der Waals surface area contributed by atoms with Crippen LogP contribution in [0.5, 0.6) is 0 Å². The van der Waals surface area contributed by atoms with Crippen LogP contribution in [0.4, 0.5) is 5.69 Å². The van der Waals surface area contributed by atoms with Gasteiger partial charge in [0.25, 0.3) is 0 Å². The number of likely N-dealkylation sites (tertiary alicyclic amines) is 1. The lowest BCUT2D eigenvalue weighted by atomic mass is 10.0. The smallest absolute Gasteiger partial charge is 0.236 e. The van der Waals surface area contributed by atoms with Crippen molar-refractivity contribution in [1.82, 2.24) is 20.0 Å². The number of rotatable bonds is 5. The topological polar surface area (TPSA) is 82.8 Å². The van der Waals surface area contributed by atoms with Crippen molar-refractivity contribution in [1.29, 1.82) is 0 Å². The molecule has 10 heteroatoms. The van der Waals surface area contributed by atoms with Crippen molar-refractivity contribution >= 4 is 45.6 Å². The summed E-state index contributed by atoms with van der Waals surface area (Å²) >= 11 is 0. The van der Waals surface area contributed by atoms with Gasteiger partial charge in [-0.1, -0.05) is 18.2 Å². The molecule has 0 spiro atoms. The van der Waals surface area contributed by atoms with Crippen LogP contribution in [0, 0.1) is 0 Å². The SMILES string of the molecule is CN=C(NCCS(=O)(=O)N1CCc2ccccc21)N1CCC(c2cnn(C)c2)C1.I. The van der Waals surface area contributed by atoms with E-state index in [2.05, 4.69) is 26.5 Å². The van der Waals surface area contributed by atoms with E-state index in [9.17, 15) is 8.42 Å². The quantitative estimate of drug-likeness (QED) is 0.353. The molecule has 1 unspecified atom stereocenters. The summed E-state index contributed by atoms with van der Waals surface area (Å²) in [6, 6.07) is 7.72. The second-order valence-electron chi connectivity index (χ2n) is 7.62. The predicted molar refractivity (Wildman–Crippen MR) is 130 cm³/mol. The third kappa shape index (κ3) is 4.74. The van der Waals surface area contributed by atoms with Gasteiger partial charge in [0.05, 0.1) is 17.6 Å². The number of anilines is 1. The third-order valence-electron chi connectivity index (χ3n) is 5.72. The first-order valence-electron chi connectivity index (χ1n) is 10.0. The number of guanidine groups is 1. The monoisotopic (exact) mass is 544 g/mol. The molecule has 0 saturated carbocycles. The van der Waals surface area contributed by atoms with Crippen molar-refractivity contribution in [3.05, 3.63) is 47.8 Å². The Kier molecular flexibility index (Phi) is 7.27. The van der Waals surface area contributed by atoms with Crippen LogP contribution in [0.25, 0.3) is 0 Å². The number of sulfonamides is 1.